The molecule has 0 heterocycles. The molecule has 0 aliphatic heterocycles. The minimum atomic E-state index is -0.0905. The van der Waals surface area contributed by atoms with Crippen LogP contribution in [0.1, 0.15) is 25.8 Å². The first kappa shape index (κ1) is 14.1. The zero-order chi connectivity index (χ0) is 12.5. The Morgan fingerprint density at radius 1 is 1.35 bits per heavy atom. The van der Waals surface area contributed by atoms with Crippen molar-refractivity contribution in [3.05, 3.63) is 35.9 Å². The largest absolute Gasteiger partial charge is 0.466 e. The van der Waals surface area contributed by atoms with Crippen molar-refractivity contribution in [3.63, 3.8) is 0 Å². The molecular weight excluding hydrogens is 232 g/mol. The number of hydrogen-bond donors (Lipinski definition) is 0. The van der Waals surface area contributed by atoms with Crippen molar-refractivity contribution in [3.8, 4) is 0 Å². The lowest BCUT2D eigenvalue weighted by Crippen LogP contribution is -2.11. The van der Waals surface area contributed by atoms with E-state index in [1.165, 1.54) is 5.56 Å². The van der Waals surface area contributed by atoms with Gasteiger partial charge in [-0.15, -0.1) is 0 Å². The highest BCUT2D eigenvalue weighted by Gasteiger charge is 2.09. The van der Waals surface area contributed by atoms with Crippen LogP contribution in [0.3, 0.4) is 0 Å². The molecule has 1 rings (SSSR count). The Kier molecular flexibility index (Phi) is 6.78. The van der Waals surface area contributed by atoms with Gasteiger partial charge < -0.3 is 4.74 Å². The molecule has 0 radical (unpaired) electrons. The Morgan fingerprint density at radius 2 is 2.06 bits per heavy atom. The van der Waals surface area contributed by atoms with Crippen LogP contribution in [0.15, 0.2) is 30.3 Å². The zero-order valence-electron chi connectivity index (χ0n) is 10.5. The molecule has 0 saturated heterocycles. The Balaban J connectivity index is 2.16. The van der Waals surface area contributed by atoms with Crippen LogP contribution in [-0.2, 0) is 16.0 Å². The van der Waals surface area contributed by atoms with Gasteiger partial charge in [-0.25, -0.2) is 0 Å². The van der Waals surface area contributed by atoms with Gasteiger partial charge in [0, 0.05) is 5.25 Å². The lowest BCUT2D eigenvalue weighted by molar-refractivity contribution is -0.142. The first-order valence-corrected chi connectivity index (χ1v) is 7.08. The number of carbonyl (C=O) groups is 1. The summed E-state index contributed by atoms with van der Waals surface area (Å²) < 4.78 is 4.92. The minimum absolute atomic E-state index is 0.0905. The molecule has 2 nitrogen and oxygen atoms in total. The third kappa shape index (κ3) is 6.37. The van der Waals surface area contributed by atoms with E-state index in [4.69, 9.17) is 4.74 Å². The molecule has 1 aromatic rings. The molecule has 0 fully saturated rings. The van der Waals surface area contributed by atoms with Crippen LogP contribution in [0.4, 0.5) is 0 Å². The fraction of sp³-hybridized carbons (Fsp3) is 0.500. The van der Waals surface area contributed by atoms with E-state index >= 15 is 0 Å². The first-order chi connectivity index (χ1) is 8.22. The van der Waals surface area contributed by atoms with E-state index in [-0.39, 0.29) is 5.97 Å². The second-order valence-corrected chi connectivity index (χ2v) is 5.47. The number of ether oxygens (including phenoxy) is 1. The second-order valence-electron chi connectivity index (χ2n) is 3.93. The highest BCUT2D eigenvalue weighted by molar-refractivity contribution is 7.99. The number of hydrogen-bond acceptors (Lipinski definition) is 3. The maximum Gasteiger partial charge on any atom is 0.306 e. The fourth-order valence-electron chi connectivity index (χ4n) is 1.54. The lowest BCUT2D eigenvalue weighted by atomic mass is 10.2. The molecule has 0 bridgehead atoms. The van der Waals surface area contributed by atoms with Gasteiger partial charge in [0.25, 0.3) is 0 Å². The topological polar surface area (TPSA) is 26.3 Å². The van der Waals surface area contributed by atoms with Crippen LogP contribution in [0, 0.1) is 0 Å². The summed E-state index contributed by atoms with van der Waals surface area (Å²) in [6, 6.07) is 10.4. The first-order valence-electron chi connectivity index (χ1n) is 6.03. The van der Waals surface area contributed by atoms with Crippen LogP contribution in [-0.4, -0.2) is 23.6 Å². The minimum Gasteiger partial charge on any atom is -0.466 e. The summed E-state index contributed by atoms with van der Waals surface area (Å²) in [5, 5.41) is 0.331. The van der Waals surface area contributed by atoms with E-state index in [1.54, 1.807) is 0 Å². The average Bonchev–Trinajstić information content (AvgIpc) is 2.30. The molecular formula is C14H20O2S. The molecule has 0 aliphatic rings. The summed E-state index contributed by atoms with van der Waals surface area (Å²) in [4.78, 5) is 11.3. The summed E-state index contributed by atoms with van der Waals surface area (Å²) >= 11 is 1.82. The quantitative estimate of drug-likeness (QED) is 0.696. The van der Waals surface area contributed by atoms with Gasteiger partial charge >= 0.3 is 5.97 Å². The van der Waals surface area contributed by atoms with Crippen LogP contribution in [0.2, 0.25) is 0 Å². The van der Waals surface area contributed by atoms with Gasteiger partial charge in [-0.3, -0.25) is 4.79 Å². The summed E-state index contributed by atoms with van der Waals surface area (Å²) in [6.45, 7) is 4.39. The normalized spacial score (nSPS) is 12.1. The van der Waals surface area contributed by atoms with Crippen molar-refractivity contribution >= 4 is 17.7 Å². The zero-order valence-corrected chi connectivity index (χ0v) is 11.3. The fourth-order valence-corrected chi connectivity index (χ4v) is 2.55. The summed E-state index contributed by atoms with van der Waals surface area (Å²) in [7, 11) is 0. The number of benzene rings is 1. The highest BCUT2D eigenvalue weighted by atomic mass is 32.2. The molecule has 0 N–H and O–H groups in total. The van der Waals surface area contributed by atoms with Gasteiger partial charge in [0.1, 0.15) is 0 Å². The van der Waals surface area contributed by atoms with Gasteiger partial charge in [0.05, 0.1) is 13.0 Å². The maximum absolute atomic E-state index is 11.3. The standard InChI is InChI=1S/C14H20O2S/c1-3-16-14(15)11-12(2)17-10-9-13-7-5-4-6-8-13/h4-8,12H,3,9-11H2,1-2H3. The van der Waals surface area contributed by atoms with Crippen molar-refractivity contribution < 1.29 is 9.53 Å². The van der Waals surface area contributed by atoms with Crippen molar-refractivity contribution in [2.75, 3.05) is 12.4 Å². The molecule has 0 saturated carbocycles. The van der Waals surface area contributed by atoms with Crippen LogP contribution in [0.5, 0.6) is 0 Å². The Bertz CT molecular complexity index is 324. The van der Waals surface area contributed by atoms with E-state index in [2.05, 4.69) is 31.2 Å². The average molecular weight is 252 g/mol. The predicted octanol–water partition coefficient (Wildman–Crippen LogP) is 3.30. The predicted molar refractivity (Wildman–Crippen MR) is 73.3 cm³/mol. The Morgan fingerprint density at radius 3 is 2.71 bits per heavy atom. The third-order valence-electron chi connectivity index (χ3n) is 2.40. The number of aryl methyl sites for hydroxylation is 1. The summed E-state index contributed by atoms with van der Waals surface area (Å²) in [5.74, 6) is 0.956. The second kappa shape index (κ2) is 8.18. The Hall–Kier alpha value is -0.960. The van der Waals surface area contributed by atoms with Crippen molar-refractivity contribution in [1.82, 2.24) is 0 Å². The van der Waals surface area contributed by atoms with E-state index in [1.807, 2.05) is 24.8 Å². The molecule has 1 unspecified atom stereocenters. The summed E-state index contributed by atoms with van der Waals surface area (Å²) in [5.41, 5.74) is 1.35. The molecule has 0 spiro atoms. The molecule has 3 heteroatoms. The lowest BCUT2D eigenvalue weighted by Gasteiger charge is -2.10. The van der Waals surface area contributed by atoms with Gasteiger partial charge in [-0.05, 0) is 24.7 Å². The molecule has 17 heavy (non-hydrogen) atoms. The number of rotatable bonds is 7. The van der Waals surface area contributed by atoms with Crippen LogP contribution >= 0.6 is 11.8 Å². The maximum atomic E-state index is 11.3. The molecule has 0 aromatic heterocycles. The van der Waals surface area contributed by atoms with Crippen LogP contribution in [0.25, 0.3) is 0 Å². The number of esters is 1. The van der Waals surface area contributed by atoms with Gasteiger partial charge in [0.15, 0.2) is 0 Å². The molecule has 1 atom stereocenters. The summed E-state index contributed by atoms with van der Waals surface area (Å²) in [6.07, 6.45) is 1.56. The van der Waals surface area contributed by atoms with Crippen molar-refractivity contribution in [2.24, 2.45) is 0 Å². The van der Waals surface area contributed by atoms with E-state index in [0.29, 0.717) is 18.3 Å². The molecule has 0 amide bonds. The van der Waals surface area contributed by atoms with Crippen molar-refractivity contribution in [2.45, 2.75) is 31.9 Å². The molecule has 94 valence electrons. The van der Waals surface area contributed by atoms with E-state index in [9.17, 15) is 4.79 Å². The van der Waals surface area contributed by atoms with Crippen molar-refractivity contribution in [1.29, 1.82) is 0 Å². The van der Waals surface area contributed by atoms with Gasteiger partial charge in [-0.1, -0.05) is 37.3 Å². The smallest absolute Gasteiger partial charge is 0.306 e. The highest BCUT2D eigenvalue weighted by Crippen LogP contribution is 2.16. The van der Waals surface area contributed by atoms with E-state index in [0.717, 1.165) is 12.2 Å². The number of carbonyl (C=O) groups excluding carboxylic acids is 1. The third-order valence-corrected chi connectivity index (χ3v) is 3.57. The van der Waals surface area contributed by atoms with Gasteiger partial charge in [-0.2, -0.15) is 11.8 Å². The molecule has 1 aromatic carbocycles. The molecule has 0 aliphatic carbocycles. The number of thioether (sulfide) groups is 1. The van der Waals surface area contributed by atoms with E-state index < -0.39 is 0 Å². The van der Waals surface area contributed by atoms with Crippen LogP contribution < -0.4 is 0 Å². The van der Waals surface area contributed by atoms with Gasteiger partial charge in [0.2, 0.25) is 0 Å². The monoisotopic (exact) mass is 252 g/mol. The Labute approximate surface area is 108 Å². The SMILES string of the molecule is CCOC(=O)CC(C)SCCc1ccccc1.